The first-order valence-corrected chi connectivity index (χ1v) is 11.2. The minimum atomic E-state index is 0.202. The van der Waals surface area contributed by atoms with Crippen molar-refractivity contribution in [3.8, 4) is 22.1 Å². The number of benzene rings is 3. The van der Waals surface area contributed by atoms with Gasteiger partial charge < -0.3 is 9.84 Å². The van der Waals surface area contributed by atoms with E-state index in [4.69, 9.17) is 9.72 Å². The fraction of sp³-hybridized carbons (Fsp3) is 0.240. The van der Waals surface area contributed by atoms with Crippen molar-refractivity contribution < 1.29 is 9.84 Å². The minimum absolute atomic E-state index is 0.202. The van der Waals surface area contributed by atoms with Crippen LogP contribution in [0.3, 0.4) is 0 Å². The number of nitrogens with zero attached hydrogens (tertiary/aromatic N) is 2. The van der Waals surface area contributed by atoms with Gasteiger partial charge in [0.2, 0.25) is 0 Å². The molecular formula is C25H24N2O2S. The van der Waals surface area contributed by atoms with Gasteiger partial charge in [0.25, 0.3) is 0 Å². The van der Waals surface area contributed by atoms with Crippen LogP contribution >= 0.6 is 11.3 Å². The van der Waals surface area contributed by atoms with Crippen LogP contribution in [-0.2, 0) is 13.0 Å². The Morgan fingerprint density at radius 1 is 1.03 bits per heavy atom. The van der Waals surface area contributed by atoms with Crippen LogP contribution in [-0.4, -0.2) is 34.7 Å². The van der Waals surface area contributed by atoms with Crippen molar-refractivity contribution in [3.63, 3.8) is 0 Å². The lowest BCUT2D eigenvalue weighted by atomic mass is 10.1. The molecular weight excluding hydrogens is 392 g/mol. The van der Waals surface area contributed by atoms with E-state index >= 15 is 0 Å². The number of fused-ring (bicyclic) bond motifs is 2. The van der Waals surface area contributed by atoms with Gasteiger partial charge >= 0.3 is 0 Å². The molecule has 30 heavy (non-hydrogen) atoms. The average Bonchev–Trinajstić information content (AvgIpc) is 3.09. The van der Waals surface area contributed by atoms with Crippen molar-refractivity contribution in [2.75, 3.05) is 19.7 Å². The highest BCUT2D eigenvalue weighted by Crippen LogP contribution is 2.39. The highest BCUT2D eigenvalue weighted by molar-refractivity contribution is 7.21. The van der Waals surface area contributed by atoms with E-state index in [1.807, 2.05) is 18.2 Å². The first-order chi connectivity index (χ1) is 14.8. The topological polar surface area (TPSA) is 45.6 Å². The van der Waals surface area contributed by atoms with Gasteiger partial charge in [-0.15, -0.1) is 11.3 Å². The van der Waals surface area contributed by atoms with Gasteiger partial charge in [-0.2, -0.15) is 0 Å². The van der Waals surface area contributed by atoms with Crippen LogP contribution in [0.4, 0.5) is 0 Å². The highest BCUT2D eigenvalue weighted by atomic mass is 32.1. The maximum atomic E-state index is 10.6. The zero-order valence-electron chi connectivity index (χ0n) is 16.8. The SMILES string of the molecule is Oc1cc(-c2nc3ccccc3s2)cc2c1OCCN(CCCc1ccccc1)C2. The molecule has 0 radical (unpaired) electrons. The van der Waals surface area contributed by atoms with Gasteiger partial charge in [0.15, 0.2) is 11.5 Å². The Morgan fingerprint density at radius 2 is 1.87 bits per heavy atom. The fourth-order valence-electron chi connectivity index (χ4n) is 4.01. The third-order valence-corrected chi connectivity index (χ3v) is 6.60. The molecule has 1 aliphatic heterocycles. The fourth-order valence-corrected chi connectivity index (χ4v) is 4.97. The van der Waals surface area contributed by atoms with Crippen molar-refractivity contribution in [2.45, 2.75) is 19.4 Å². The normalized spacial score (nSPS) is 14.3. The highest BCUT2D eigenvalue weighted by Gasteiger charge is 2.20. The number of thiazole rings is 1. The summed E-state index contributed by atoms with van der Waals surface area (Å²) in [6, 6.07) is 22.7. The standard InChI is InChI=1S/C25H24N2O2S/c28-22-16-19(25-26-21-10-4-5-11-23(21)30-25)15-20-17-27(13-14-29-24(20)22)12-6-9-18-7-2-1-3-8-18/h1-5,7-8,10-11,15-16,28H,6,9,12-14,17H2. The molecule has 0 amide bonds. The average molecular weight is 417 g/mol. The summed E-state index contributed by atoms with van der Waals surface area (Å²) in [7, 11) is 0. The van der Waals surface area contributed by atoms with E-state index in [1.54, 1.807) is 17.4 Å². The maximum absolute atomic E-state index is 10.6. The first-order valence-electron chi connectivity index (χ1n) is 10.4. The van der Waals surface area contributed by atoms with E-state index in [-0.39, 0.29) is 5.75 Å². The molecule has 152 valence electrons. The van der Waals surface area contributed by atoms with E-state index in [2.05, 4.69) is 47.4 Å². The smallest absolute Gasteiger partial charge is 0.165 e. The van der Waals surface area contributed by atoms with Crippen molar-refractivity contribution in [1.29, 1.82) is 0 Å². The van der Waals surface area contributed by atoms with Gasteiger partial charge in [0.1, 0.15) is 11.6 Å². The molecule has 0 saturated heterocycles. The molecule has 3 aromatic carbocycles. The summed E-state index contributed by atoms with van der Waals surface area (Å²) in [6.45, 7) is 3.23. The second-order valence-electron chi connectivity index (χ2n) is 7.68. The van der Waals surface area contributed by atoms with E-state index in [1.165, 1.54) is 5.56 Å². The Labute approximate surface area is 180 Å². The van der Waals surface area contributed by atoms with Crippen LogP contribution in [0.2, 0.25) is 0 Å². The molecule has 1 N–H and O–H groups in total. The Morgan fingerprint density at radius 3 is 2.73 bits per heavy atom. The van der Waals surface area contributed by atoms with Gasteiger partial charge in [-0.1, -0.05) is 42.5 Å². The van der Waals surface area contributed by atoms with E-state index in [9.17, 15) is 5.11 Å². The Kier molecular flexibility index (Phi) is 5.39. The predicted octanol–water partition coefficient (Wildman–Crippen LogP) is 5.50. The number of hydrogen-bond acceptors (Lipinski definition) is 5. The number of hydrogen-bond donors (Lipinski definition) is 1. The summed E-state index contributed by atoms with van der Waals surface area (Å²) in [5.74, 6) is 0.818. The summed E-state index contributed by atoms with van der Waals surface area (Å²) in [4.78, 5) is 7.16. The quantitative estimate of drug-likeness (QED) is 0.467. The van der Waals surface area contributed by atoms with Crippen LogP contribution in [0.1, 0.15) is 17.5 Å². The molecule has 2 heterocycles. The molecule has 0 atom stereocenters. The molecule has 0 saturated carbocycles. The van der Waals surface area contributed by atoms with Crippen molar-refractivity contribution in [2.24, 2.45) is 0 Å². The van der Waals surface area contributed by atoms with Crippen molar-refractivity contribution >= 4 is 21.6 Å². The molecule has 5 rings (SSSR count). The van der Waals surface area contributed by atoms with Gasteiger partial charge in [0.05, 0.1) is 10.2 Å². The molecule has 0 fully saturated rings. The number of para-hydroxylation sites is 1. The molecule has 0 unspecified atom stereocenters. The number of aromatic nitrogens is 1. The molecule has 0 spiro atoms. The largest absolute Gasteiger partial charge is 0.504 e. The summed E-state index contributed by atoms with van der Waals surface area (Å²) in [6.07, 6.45) is 2.17. The molecule has 0 bridgehead atoms. The summed E-state index contributed by atoms with van der Waals surface area (Å²) < 4.78 is 7.07. The number of ether oxygens (including phenoxy) is 1. The van der Waals surface area contributed by atoms with Crippen LogP contribution in [0.15, 0.2) is 66.7 Å². The lowest BCUT2D eigenvalue weighted by Crippen LogP contribution is -2.27. The molecule has 5 heteroatoms. The van der Waals surface area contributed by atoms with Gasteiger partial charge in [-0.3, -0.25) is 4.90 Å². The second-order valence-corrected chi connectivity index (χ2v) is 8.71. The number of rotatable bonds is 5. The summed E-state index contributed by atoms with van der Waals surface area (Å²) in [5.41, 5.74) is 4.34. The Balaban J connectivity index is 1.35. The summed E-state index contributed by atoms with van der Waals surface area (Å²) in [5, 5.41) is 11.6. The van der Waals surface area contributed by atoms with Crippen molar-refractivity contribution in [3.05, 3.63) is 77.9 Å². The zero-order chi connectivity index (χ0) is 20.3. The monoisotopic (exact) mass is 416 g/mol. The Bertz CT molecular complexity index is 1120. The third-order valence-electron chi connectivity index (χ3n) is 5.52. The Hall–Kier alpha value is -2.89. The van der Waals surface area contributed by atoms with Crippen LogP contribution < -0.4 is 4.74 Å². The first kappa shape index (κ1) is 19.1. The van der Waals surface area contributed by atoms with Crippen LogP contribution in [0, 0.1) is 0 Å². The number of phenols is 1. The predicted molar refractivity (Wildman–Crippen MR) is 122 cm³/mol. The van der Waals surface area contributed by atoms with E-state index in [0.29, 0.717) is 12.4 Å². The number of phenolic OH excluding ortho intramolecular Hbond substituents is 1. The third kappa shape index (κ3) is 4.04. The molecule has 4 nitrogen and oxygen atoms in total. The lowest BCUT2D eigenvalue weighted by Gasteiger charge is -2.19. The number of aromatic hydroxyl groups is 1. The van der Waals surface area contributed by atoms with Gasteiger partial charge in [-0.25, -0.2) is 4.98 Å². The molecule has 1 aliphatic rings. The summed E-state index contributed by atoms with van der Waals surface area (Å²) >= 11 is 1.65. The second kappa shape index (κ2) is 8.46. The van der Waals surface area contributed by atoms with Gasteiger partial charge in [0, 0.05) is 24.2 Å². The van der Waals surface area contributed by atoms with Crippen LogP contribution in [0.25, 0.3) is 20.8 Å². The molecule has 0 aliphatic carbocycles. The lowest BCUT2D eigenvalue weighted by molar-refractivity contribution is 0.221. The maximum Gasteiger partial charge on any atom is 0.165 e. The van der Waals surface area contributed by atoms with E-state index < -0.39 is 0 Å². The van der Waals surface area contributed by atoms with Gasteiger partial charge in [-0.05, 0) is 49.2 Å². The zero-order valence-corrected chi connectivity index (χ0v) is 17.6. The van der Waals surface area contributed by atoms with E-state index in [0.717, 1.165) is 58.8 Å². The number of aryl methyl sites for hydroxylation is 1. The van der Waals surface area contributed by atoms with Crippen LogP contribution in [0.5, 0.6) is 11.5 Å². The molecule has 4 aromatic rings. The minimum Gasteiger partial charge on any atom is -0.504 e. The molecule has 1 aromatic heterocycles. The van der Waals surface area contributed by atoms with Crippen molar-refractivity contribution in [1.82, 2.24) is 9.88 Å².